The summed E-state index contributed by atoms with van der Waals surface area (Å²) < 4.78 is 6.00. The van der Waals surface area contributed by atoms with Gasteiger partial charge >= 0.3 is 0 Å². The molecule has 2 aromatic carbocycles. The maximum Gasteiger partial charge on any atom is 0.293 e. The van der Waals surface area contributed by atoms with Crippen molar-refractivity contribution in [2.45, 2.75) is 31.9 Å². The summed E-state index contributed by atoms with van der Waals surface area (Å²) in [5.74, 6) is 0.785. The number of hydrogen-bond donors (Lipinski definition) is 2. The Morgan fingerprint density at radius 1 is 1.30 bits per heavy atom. The Balaban J connectivity index is 1.63. The molecule has 4 rings (SSSR count). The van der Waals surface area contributed by atoms with Crippen LogP contribution in [0.3, 0.4) is 0 Å². The van der Waals surface area contributed by atoms with Crippen molar-refractivity contribution >= 4 is 22.3 Å². The van der Waals surface area contributed by atoms with Gasteiger partial charge in [0.15, 0.2) is 0 Å². The van der Waals surface area contributed by atoms with Crippen molar-refractivity contribution < 1.29 is 9.66 Å². The highest BCUT2D eigenvalue weighted by atomic mass is 16.6. The van der Waals surface area contributed by atoms with Crippen LogP contribution in [-0.2, 0) is 6.54 Å². The topological polar surface area (TPSA) is 110 Å². The molecular formula is C19H18N4O4. The summed E-state index contributed by atoms with van der Waals surface area (Å²) in [7, 11) is 0. The predicted molar refractivity (Wildman–Crippen MR) is 101 cm³/mol. The predicted octanol–water partition coefficient (Wildman–Crippen LogP) is 3.37. The number of nitrogens with one attached hydrogen (secondary N) is 2. The molecule has 1 aliphatic rings. The summed E-state index contributed by atoms with van der Waals surface area (Å²) in [4.78, 5) is 29.3. The molecule has 0 unspecified atom stereocenters. The number of nitro benzene ring substituents is 1. The number of nitrogens with zero attached hydrogens (tertiary/aromatic N) is 2. The minimum atomic E-state index is -0.509. The molecule has 0 bridgehead atoms. The normalized spacial score (nSPS) is 13.9. The molecule has 27 heavy (non-hydrogen) atoms. The number of fused-ring (bicyclic) bond motifs is 1. The third-order valence-corrected chi connectivity index (χ3v) is 4.74. The number of ether oxygens (including phenoxy) is 1. The van der Waals surface area contributed by atoms with Crippen molar-refractivity contribution in [3.8, 4) is 5.75 Å². The molecule has 3 aromatic rings. The van der Waals surface area contributed by atoms with E-state index in [4.69, 9.17) is 4.74 Å². The van der Waals surface area contributed by atoms with Gasteiger partial charge in [-0.25, -0.2) is 4.98 Å². The first-order chi connectivity index (χ1) is 13.1. The van der Waals surface area contributed by atoms with E-state index in [2.05, 4.69) is 15.3 Å². The van der Waals surface area contributed by atoms with Gasteiger partial charge in [-0.3, -0.25) is 14.9 Å². The molecule has 0 saturated heterocycles. The van der Waals surface area contributed by atoms with Gasteiger partial charge in [-0.2, -0.15) is 0 Å². The third-order valence-electron chi connectivity index (χ3n) is 4.74. The van der Waals surface area contributed by atoms with Crippen LogP contribution in [0.5, 0.6) is 5.75 Å². The second-order valence-electron chi connectivity index (χ2n) is 6.51. The van der Waals surface area contributed by atoms with Gasteiger partial charge in [-0.1, -0.05) is 18.2 Å². The van der Waals surface area contributed by atoms with Crippen molar-refractivity contribution in [2.75, 3.05) is 5.32 Å². The Morgan fingerprint density at radius 3 is 2.85 bits per heavy atom. The smallest absolute Gasteiger partial charge is 0.293 e. The third kappa shape index (κ3) is 3.46. The van der Waals surface area contributed by atoms with Crippen LogP contribution in [0.4, 0.5) is 11.4 Å². The van der Waals surface area contributed by atoms with Crippen LogP contribution in [0.1, 0.15) is 24.8 Å². The molecule has 8 heteroatoms. The number of benzene rings is 2. The van der Waals surface area contributed by atoms with Gasteiger partial charge in [0.05, 0.1) is 28.3 Å². The largest absolute Gasteiger partial charge is 0.490 e. The summed E-state index contributed by atoms with van der Waals surface area (Å²) in [5, 5.41) is 14.7. The fourth-order valence-corrected chi connectivity index (χ4v) is 3.02. The lowest BCUT2D eigenvalue weighted by molar-refractivity contribution is -0.383. The van der Waals surface area contributed by atoms with Gasteiger partial charge in [0.25, 0.3) is 11.2 Å². The van der Waals surface area contributed by atoms with E-state index >= 15 is 0 Å². The number of H-pyrrole nitrogens is 1. The van der Waals surface area contributed by atoms with E-state index in [-0.39, 0.29) is 17.2 Å². The van der Waals surface area contributed by atoms with E-state index in [1.54, 1.807) is 0 Å². The Kier molecular flexibility index (Phi) is 4.45. The van der Waals surface area contributed by atoms with Crippen molar-refractivity contribution in [1.82, 2.24) is 9.97 Å². The molecule has 1 heterocycles. The summed E-state index contributed by atoms with van der Waals surface area (Å²) in [6, 6.07) is 10.4. The number of nitro groups is 1. The summed E-state index contributed by atoms with van der Waals surface area (Å²) in [5.41, 5.74) is 1.04. The molecule has 1 aliphatic carbocycles. The van der Waals surface area contributed by atoms with Crippen LogP contribution >= 0.6 is 0 Å². The Morgan fingerprint density at radius 2 is 2.11 bits per heavy atom. The first-order valence-electron chi connectivity index (χ1n) is 8.76. The molecule has 0 spiro atoms. The zero-order valence-electron chi connectivity index (χ0n) is 14.5. The fraction of sp³-hybridized carbons (Fsp3) is 0.263. The monoisotopic (exact) mass is 366 g/mol. The Labute approximate surface area is 154 Å². The van der Waals surface area contributed by atoms with E-state index in [1.165, 1.54) is 24.9 Å². The van der Waals surface area contributed by atoms with Gasteiger partial charge in [0.1, 0.15) is 11.4 Å². The second-order valence-corrected chi connectivity index (χ2v) is 6.51. The lowest BCUT2D eigenvalue weighted by atomic mass is 9.96. The number of rotatable bonds is 6. The van der Waals surface area contributed by atoms with E-state index in [0.717, 1.165) is 24.2 Å². The molecule has 0 aliphatic heterocycles. The Hall–Kier alpha value is -3.42. The molecule has 0 radical (unpaired) electrons. The first-order valence-corrected chi connectivity index (χ1v) is 8.76. The average Bonchev–Trinajstić information content (AvgIpc) is 2.63. The molecule has 1 aromatic heterocycles. The van der Waals surface area contributed by atoms with Gasteiger partial charge in [-0.05, 0) is 31.4 Å². The number of aromatic amines is 1. The molecule has 0 amide bonds. The van der Waals surface area contributed by atoms with Crippen molar-refractivity contribution in [3.63, 3.8) is 0 Å². The van der Waals surface area contributed by atoms with E-state index in [0.29, 0.717) is 17.7 Å². The van der Waals surface area contributed by atoms with Crippen molar-refractivity contribution in [1.29, 1.82) is 0 Å². The van der Waals surface area contributed by atoms with Crippen LogP contribution in [-0.4, -0.2) is 21.0 Å². The summed E-state index contributed by atoms with van der Waals surface area (Å²) in [6.07, 6.45) is 4.82. The van der Waals surface area contributed by atoms with E-state index < -0.39 is 10.5 Å². The van der Waals surface area contributed by atoms with Crippen LogP contribution in [0.25, 0.3) is 10.9 Å². The second kappa shape index (κ2) is 7.06. The van der Waals surface area contributed by atoms with E-state index in [1.807, 2.05) is 24.3 Å². The molecular weight excluding hydrogens is 348 g/mol. The van der Waals surface area contributed by atoms with Crippen LogP contribution < -0.4 is 15.6 Å². The molecule has 1 saturated carbocycles. The van der Waals surface area contributed by atoms with Gasteiger partial charge < -0.3 is 15.0 Å². The molecule has 8 nitrogen and oxygen atoms in total. The van der Waals surface area contributed by atoms with Crippen LogP contribution in [0.15, 0.2) is 47.5 Å². The molecule has 138 valence electrons. The highest BCUT2D eigenvalue weighted by Gasteiger charge is 2.21. The molecule has 1 fully saturated rings. The van der Waals surface area contributed by atoms with E-state index in [9.17, 15) is 14.9 Å². The highest BCUT2D eigenvalue weighted by molar-refractivity contribution is 5.86. The molecule has 2 N–H and O–H groups in total. The highest BCUT2D eigenvalue weighted by Crippen LogP contribution is 2.31. The van der Waals surface area contributed by atoms with Crippen molar-refractivity contribution in [3.05, 3.63) is 68.8 Å². The number of para-hydroxylation sites is 1. The number of aromatic nitrogens is 2. The lowest BCUT2D eigenvalue weighted by Crippen LogP contribution is -2.25. The quantitative estimate of drug-likeness (QED) is 0.511. The summed E-state index contributed by atoms with van der Waals surface area (Å²) >= 11 is 0. The zero-order chi connectivity index (χ0) is 18.8. The summed E-state index contributed by atoms with van der Waals surface area (Å²) in [6.45, 7) is 0.360. The van der Waals surface area contributed by atoms with Crippen LogP contribution in [0, 0.1) is 10.1 Å². The first kappa shape index (κ1) is 17.0. The minimum absolute atomic E-state index is 0.168. The van der Waals surface area contributed by atoms with Crippen molar-refractivity contribution in [2.24, 2.45) is 0 Å². The fourth-order valence-electron chi connectivity index (χ4n) is 3.02. The van der Waals surface area contributed by atoms with Gasteiger partial charge in [0.2, 0.25) is 0 Å². The maximum absolute atomic E-state index is 11.9. The molecule has 0 atom stereocenters. The SMILES string of the molecule is O=c1[nH]cnc2cc(NCc3ccccc3OC3CCC3)c([N+](=O)[O-])cc12. The minimum Gasteiger partial charge on any atom is -0.490 e. The zero-order valence-corrected chi connectivity index (χ0v) is 14.5. The average molecular weight is 366 g/mol. The lowest BCUT2D eigenvalue weighted by Gasteiger charge is -2.27. The standard InChI is InChI=1S/C19H18N4O4/c24-19-14-8-17(23(25)26)16(9-15(14)21-11-22-19)20-10-12-4-1-2-7-18(12)27-13-5-3-6-13/h1-2,4,7-9,11,13,20H,3,5-6,10H2,(H,21,22,24). The maximum atomic E-state index is 11.9. The Bertz CT molecular complexity index is 1060. The number of anilines is 1. The van der Waals surface area contributed by atoms with Gasteiger partial charge in [0, 0.05) is 18.2 Å². The number of hydrogen-bond acceptors (Lipinski definition) is 6. The van der Waals surface area contributed by atoms with Gasteiger partial charge in [-0.15, -0.1) is 0 Å². The van der Waals surface area contributed by atoms with Crippen LogP contribution in [0.2, 0.25) is 0 Å².